The second-order valence-electron chi connectivity index (χ2n) is 1.97. The van der Waals surface area contributed by atoms with E-state index in [4.69, 9.17) is 19.2 Å². The summed E-state index contributed by atoms with van der Waals surface area (Å²) in [6.07, 6.45) is 0. The van der Waals surface area contributed by atoms with Gasteiger partial charge >= 0.3 is 17.6 Å². The second kappa shape index (κ2) is 13.1. The molecular weight excluding hydrogens is 516 g/mol. The molecule has 0 saturated heterocycles. The number of hydrogen-bond donors (Lipinski definition) is 4. The zero-order chi connectivity index (χ0) is 7.71. The molecule has 4 radical (unpaired) electrons. The van der Waals surface area contributed by atoms with Crippen molar-refractivity contribution in [3.8, 4) is 0 Å². The van der Waals surface area contributed by atoms with Crippen LogP contribution in [-0.4, -0.2) is 36.8 Å². The van der Waals surface area contributed by atoms with Gasteiger partial charge in [-0.05, 0) is 0 Å². The van der Waals surface area contributed by atoms with Crippen LogP contribution in [0.2, 0.25) is 13.1 Å². The van der Waals surface area contributed by atoms with Crippen molar-refractivity contribution in [2.45, 2.75) is 13.1 Å². The van der Waals surface area contributed by atoms with Crippen LogP contribution in [0.15, 0.2) is 0 Å². The third kappa shape index (κ3) is 31.5. The molecule has 68 valence electrons. The van der Waals surface area contributed by atoms with Crippen molar-refractivity contribution in [3.63, 3.8) is 0 Å². The zero-order valence-electron chi connectivity index (χ0n) is 7.51. The Bertz CT molecular complexity index is 89.7. The summed E-state index contributed by atoms with van der Waals surface area (Å²) in [6.45, 7) is 2.06. The summed E-state index contributed by atoms with van der Waals surface area (Å²) in [7, 11) is -7.46. The van der Waals surface area contributed by atoms with E-state index in [1.54, 1.807) is 0 Å². The fraction of sp³-hybridized carbons (Fsp3) is 1.00. The van der Waals surface area contributed by atoms with Crippen LogP contribution in [0.25, 0.3) is 0 Å². The topological polar surface area (TPSA) is 90.2 Å². The maximum Gasteiger partial charge on any atom is 0.484 e. The van der Waals surface area contributed by atoms with Gasteiger partial charge in [0.25, 0.3) is 0 Å². The molecule has 0 aliphatic heterocycles. The van der Waals surface area contributed by atoms with Gasteiger partial charge in [0.1, 0.15) is 0 Å². The van der Waals surface area contributed by atoms with E-state index in [0.29, 0.717) is 0 Å². The first-order valence-corrected chi connectivity index (χ1v) is 6.91. The Labute approximate surface area is 180 Å². The molecule has 0 atom stereocenters. The molecule has 5 nitrogen and oxygen atoms in total. The van der Waals surface area contributed by atoms with Crippen molar-refractivity contribution in [1.82, 2.24) is 0 Å². The molecule has 0 heterocycles. The van der Waals surface area contributed by atoms with Gasteiger partial charge in [-0.1, -0.05) is 0 Å². The van der Waals surface area contributed by atoms with Crippen LogP contribution in [0.1, 0.15) is 0 Å². The molecule has 0 aliphatic carbocycles. The predicted octanol–water partition coefficient (Wildman–Crippen LogP) is -1.90. The van der Waals surface area contributed by atoms with Gasteiger partial charge in [0, 0.05) is 144 Å². The molecule has 0 aromatic carbocycles. The quantitative estimate of drug-likeness (QED) is 0.316. The average Bonchev–Trinajstić information content (AvgIpc) is 1.14. The molecule has 0 unspecified atom stereocenters. The summed E-state index contributed by atoms with van der Waals surface area (Å²) in [5, 5.41) is 0. The third-order valence-corrected chi connectivity index (χ3v) is 3.48. The molecule has 0 fully saturated rings. The molecule has 0 amide bonds. The van der Waals surface area contributed by atoms with Crippen molar-refractivity contribution in [3.05, 3.63) is 0 Å². The van der Waals surface area contributed by atoms with Crippen LogP contribution in [0.3, 0.4) is 0 Å². The number of rotatable bonds is 2. The summed E-state index contributed by atoms with van der Waals surface area (Å²) < 4.78 is 4.12. The van der Waals surface area contributed by atoms with Gasteiger partial charge in [0.15, 0.2) is 0 Å². The summed E-state index contributed by atoms with van der Waals surface area (Å²) >= 11 is 0. The minimum atomic E-state index is -3.73. The standard InChI is InChI=1S/C2H10O5Si2.4Y/c1-8(3,4)7-9(2,5)6;;;;/h3-6H,1-2H3;;;;. The Hall–Kier alpha value is 4.65. The number of hydrogen-bond acceptors (Lipinski definition) is 5. The van der Waals surface area contributed by atoms with Crippen molar-refractivity contribution in [2.75, 3.05) is 0 Å². The Balaban J connectivity index is -0.0000000533. The van der Waals surface area contributed by atoms with Crippen molar-refractivity contribution >= 4 is 17.6 Å². The molecule has 13 heavy (non-hydrogen) atoms. The zero-order valence-corrected chi connectivity index (χ0v) is 20.9. The van der Waals surface area contributed by atoms with Gasteiger partial charge in [0.2, 0.25) is 0 Å². The summed E-state index contributed by atoms with van der Waals surface area (Å²) in [4.78, 5) is 34.2. The van der Waals surface area contributed by atoms with E-state index in [1.807, 2.05) is 0 Å². The van der Waals surface area contributed by atoms with Gasteiger partial charge in [-0.25, -0.2) is 0 Å². The maximum atomic E-state index is 8.54. The fourth-order valence-corrected chi connectivity index (χ4v) is 3.30. The van der Waals surface area contributed by atoms with E-state index in [9.17, 15) is 0 Å². The SMILES string of the molecule is C[Si](O)(O)O[Si](C)(O)O.[Y].[Y].[Y].[Y]. The first kappa shape index (κ1) is 30.6. The minimum Gasteiger partial charge on any atom is -0.390 e. The second-order valence-corrected chi connectivity index (χ2v) is 6.52. The first-order valence-electron chi connectivity index (χ1n) is 2.30. The third-order valence-electron chi connectivity index (χ3n) is 0.387. The molecule has 0 aromatic heterocycles. The minimum absolute atomic E-state index is 0. The Morgan fingerprint density at radius 3 is 0.846 bits per heavy atom. The van der Waals surface area contributed by atoms with Crippen LogP contribution in [0, 0.1) is 0 Å². The smallest absolute Gasteiger partial charge is 0.390 e. The fourth-order valence-electron chi connectivity index (χ4n) is 0.366. The van der Waals surface area contributed by atoms with Gasteiger partial charge < -0.3 is 23.3 Å². The molecule has 0 aromatic rings. The van der Waals surface area contributed by atoms with E-state index in [-0.39, 0.29) is 131 Å². The van der Waals surface area contributed by atoms with Gasteiger partial charge in [0.05, 0.1) is 0 Å². The molecule has 0 spiro atoms. The Morgan fingerprint density at radius 1 is 0.692 bits per heavy atom. The van der Waals surface area contributed by atoms with Crippen LogP contribution >= 0.6 is 0 Å². The van der Waals surface area contributed by atoms with Crippen LogP contribution in [0.5, 0.6) is 0 Å². The summed E-state index contributed by atoms with van der Waals surface area (Å²) in [6, 6.07) is 0. The molecule has 11 heteroatoms. The van der Waals surface area contributed by atoms with Gasteiger partial charge in [-0.2, -0.15) is 0 Å². The van der Waals surface area contributed by atoms with E-state index >= 15 is 0 Å². The average molecular weight is 526 g/mol. The first-order chi connectivity index (χ1) is 3.71. The largest absolute Gasteiger partial charge is 0.484 e. The van der Waals surface area contributed by atoms with Crippen molar-refractivity contribution in [1.29, 1.82) is 0 Å². The Kier molecular flexibility index (Phi) is 30.8. The predicted molar refractivity (Wildman–Crippen MR) is 33.2 cm³/mol. The van der Waals surface area contributed by atoms with Crippen LogP contribution in [-0.2, 0) is 135 Å². The van der Waals surface area contributed by atoms with E-state index in [2.05, 4.69) is 4.12 Å². The molecule has 0 bridgehead atoms. The molecule has 0 saturated carbocycles. The summed E-state index contributed by atoms with van der Waals surface area (Å²) in [5.41, 5.74) is 0. The molecular formula is C2H10O5Si2Y4. The molecule has 0 aliphatic rings. The van der Waals surface area contributed by atoms with Crippen LogP contribution < -0.4 is 0 Å². The van der Waals surface area contributed by atoms with Crippen molar-refractivity contribution < 1.29 is 154 Å². The van der Waals surface area contributed by atoms with E-state index in [1.165, 1.54) is 0 Å². The monoisotopic (exact) mass is 526 g/mol. The summed E-state index contributed by atoms with van der Waals surface area (Å²) in [5.74, 6) is 0. The van der Waals surface area contributed by atoms with Crippen molar-refractivity contribution in [2.24, 2.45) is 0 Å². The van der Waals surface area contributed by atoms with Gasteiger partial charge in [-0.15, -0.1) is 0 Å². The Morgan fingerprint density at radius 2 is 0.846 bits per heavy atom. The van der Waals surface area contributed by atoms with Gasteiger partial charge in [-0.3, -0.25) is 0 Å². The van der Waals surface area contributed by atoms with Crippen LogP contribution in [0.4, 0.5) is 0 Å². The molecule has 0 rings (SSSR count). The normalized spacial score (nSPS) is 9.69. The van der Waals surface area contributed by atoms with E-state index in [0.717, 1.165) is 13.1 Å². The maximum absolute atomic E-state index is 8.54. The van der Waals surface area contributed by atoms with E-state index < -0.39 is 17.6 Å². The molecule has 4 N–H and O–H groups in total.